The predicted octanol–water partition coefficient (Wildman–Crippen LogP) is 1.52. The van der Waals surface area contributed by atoms with E-state index in [2.05, 4.69) is 41.4 Å². The fourth-order valence-corrected chi connectivity index (χ4v) is 2.92. The van der Waals surface area contributed by atoms with Crippen molar-refractivity contribution in [1.29, 1.82) is 0 Å². The lowest BCUT2D eigenvalue weighted by molar-refractivity contribution is -0.131. The number of hydrogen-bond donors (Lipinski definition) is 1. The van der Waals surface area contributed by atoms with Crippen molar-refractivity contribution >= 4 is 5.91 Å². The van der Waals surface area contributed by atoms with Crippen LogP contribution < -0.4 is 5.32 Å². The van der Waals surface area contributed by atoms with E-state index in [0.717, 1.165) is 25.9 Å². The Hall–Kier alpha value is -1.39. The number of carbonyl (C=O) groups excluding carboxylic acids is 1. The molecule has 0 aromatic heterocycles. The molecule has 1 aromatic carbocycles. The van der Waals surface area contributed by atoms with Crippen LogP contribution in [-0.2, 0) is 4.79 Å². The second kappa shape index (κ2) is 4.86. The van der Waals surface area contributed by atoms with Crippen LogP contribution in [0.5, 0.6) is 0 Å². The molecule has 0 radical (unpaired) electrons. The summed E-state index contributed by atoms with van der Waals surface area (Å²) in [5.41, 5.74) is 2.18. The molecule has 1 aliphatic heterocycles. The molecule has 2 aliphatic rings. The molecule has 108 valence electrons. The van der Waals surface area contributed by atoms with E-state index in [-0.39, 0.29) is 17.6 Å². The number of nitrogens with zero attached hydrogens (tertiary/aromatic N) is 2. The molecule has 4 heteroatoms. The fraction of sp³-hybridized carbons (Fsp3) is 0.562. The van der Waals surface area contributed by atoms with Crippen molar-refractivity contribution in [2.45, 2.75) is 31.5 Å². The van der Waals surface area contributed by atoms with E-state index in [1.165, 1.54) is 11.1 Å². The lowest BCUT2D eigenvalue weighted by Gasteiger charge is -2.26. The van der Waals surface area contributed by atoms with Gasteiger partial charge in [0.1, 0.15) is 11.7 Å². The maximum atomic E-state index is 12.6. The summed E-state index contributed by atoms with van der Waals surface area (Å²) in [7, 11) is 4.09. The summed E-state index contributed by atoms with van der Waals surface area (Å²) in [6.45, 7) is 3.77. The molecule has 4 nitrogen and oxygen atoms in total. The number of carbonyl (C=O) groups is 1. The Balaban J connectivity index is 1.85. The monoisotopic (exact) mass is 273 g/mol. The number of amides is 1. The smallest absolute Gasteiger partial charge is 0.244 e. The first kappa shape index (κ1) is 13.6. The van der Waals surface area contributed by atoms with Gasteiger partial charge in [0, 0.05) is 13.1 Å². The van der Waals surface area contributed by atoms with Gasteiger partial charge in [0.2, 0.25) is 5.91 Å². The summed E-state index contributed by atoms with van der Waals surface area (Å²) in [6, 6.07) is 8.45. The first-order valence-corrected chi connectivity index (χ1v) is 7.32. The van der Waals surface area contributed by atoms with Crippen LogP contribution in [0.2, 0.25) is 0 Å². The number of rotatable bonds is 4. The molecule has 2 fully saturated rings. The van der Waals surface area contributed by atoms with Crippen molar-refractivity contribution in [2.24, 2.45) is 0 Å². The van der Waals surface area contributed by atoms with Gasteiger partial charge >= 0.3 is 0 Å². The Bertz CT molecular complexity index is 522. The summed E-state index contributed by atoms with van der Waals surface area (Å²) >= 11 is 0. The molecular formula is C16H23N3O. The summed E-state index contributed by atoms with van der Waals surface area (Å²) in [5, 5.41) is 3.57. The Labute approximate surface area is 120 Å². The van der Waals surface area contributed by atoms with Crippen molar-refractivity contribution in [3.63, 3.8) is 0 Å². The minimum absolute atomic E-state index is 0.0323. The summed E-state index contributed by atoms with van der Waals surface area (Å²) < 4.78 is 0. The second-order valence-electron chi connectivity index (χ2n) is 6.34. The number of hydrogen-bond acceptors (Lipinski definition) is 3. The Morgan fingerprint density at radius 3 is 2.75 bits per heavy atom. The maximum absolute atomic E-state index is 12.6. The minimum atomic E-state index is -0.249. The van der Waals surface area contributed by atoms with Crippen molar-refractivity contribution in [2.75, 3.05) is 27.2 Å². The molecule has 1 aliphatic carbocycles. The van der Waals surface area contributed by atoms with Gasteiger partial charge in [-0.1, -0.05) is 29.8 Å². The van der Waals surface area contributed by atoms with Crippen LogP contribution >= 0.6 is 0 Å². The van der Waals surface area contributed by atoms with Gasteiger partial charge in [-0.15, -0.1) is 0 Å². The van der Waals surface area contributed by atoms with E-state index in [0.29, 0.717) is 0 Å². The summed E-state index contributed by atoms with van der Waals surface area (Å²) in [6.07, 6.45) is 1.99. The predicted molar refractivity (Wildman–Crippen MR) is 79.3 cm³/mol. The summed E-state index contributed by atoms with van der Waals surface area (Å²) in [5.74, 6) is 0.283. The lowest BCUT2D eigenvalue weighted by Crippen LogP contribution is -2.37. The highest BCUT2D eigenvalue weighted by atomic mass is 16.2. The van der Waals surface area contributed by atoms with E-state index in [1.807, 2.05) is 19.0 Å². The normalized spacial score (nSPS) is 23.9. The molecule has 3 rings (SSSR count). The zero-order valence-electron chi connectivity index (χ0n) is 12.5. The van der Waals surface area contributed by atoms with Crippen LogP contribution in [0.4, 0.5) is 0 Å². The van der Waals surface area contributed by atoms with Crippen LogP contribution in [-0.4, -0.2) is 48.4 Å². The average Bonchev–Trinajstić information content (AvgIpc) is 3.12. The van der Waals surface area contributed by atoms with Gasteiger partial charge in [0.05, 0.1) is 0 Å². The number of likely N-dealkylation sites (N-methyl/N-ethyl adjacent to an activating group) is 1. The molecule has 1 heterocycles. The van der Waals surface area contributed by atoms with Gasteiger partial charge in [0.15, 0.2) is 0 Å². The SMILES string of the molecule is Cc1cccc(C2NC3(CC3)C(=O)N2CCN(C)C)c1. The Morgan fingerprint density at radius 2 is 2.15 bits per heavy atom. The second-order valence-corrected chi connectivity index (χ2v) is 6.34. The van der Waals surface area contributed by atoms with Crippen molar-refractivity contribution in [3.8, 4) is 0 Å². The molecule has 1 unspecified atom stereocenters. The number of nitrogens with one attached hydrogen (secondary N) is 1. The molecule has 0 bridgehead atoms. The van der Waals surface area contributed by atoms with Crippen LogP contribution in [0.15, 0.2) is 24.3 Å². The molecule has 20 heavy (non-hydrogen) atoms. The molecule has 1 spiro atoms. The largest absolute Gasteiger partial charge is 0.320 e. The van der Waals surface area contributed by atoms with Gasteiger partial charge in [-0.25, -0.2) is 0 Å². The molecular weight excluding hydrogens is 250 g/mol. The van der Waals surface area contributed by atoms with E-state index < -0.39 is 0 Å². The van der Waals surface area contributed by atoms with Crippen molar-refractivity contribution in [3.05, 3.63) is 35.4 Å². The highest BCUT2D eigenvalue weighted by Crippen LogP contribution is 2.45. The van der Waals surface area contributed by atoms with Crippen molar-refractivity contribution in [1.82, 2.24) is 15.1 Å². The van der Waals surface area contributed by atoms with Gasteiger partial charge < -0.3 is 9.80 Å². The van der Waals surface area contributed by atoms with Crippen LogP contribution in [0.3, 0.4) is 0 Å². The van der Waals surface area contributed by atoms with E-state index >= 15 is 0 Å². The van der Waals surface area contributed by atoms with Crippen LogP contribution in [0.25, 0.3) is 0 Å². The zero-order chi connectivity index (χ0) is 14.3. The standard InChI is InChI=1S/C16H23N3O/c1-12-5-4-6-13(11-12)14-17-16(7-8-16)15(20)19(14)10-9-18(2)3/h4-6,11,14,17H,7-10H2,1-3H3. The van der Waals surface area contributed by atoms with Crippen LogP contribution in [0.1, 0.15) is 30.1 Å². The third-order valence-electron chi connectivity index (χ3n) is 4.29. The molecule has 1 aromatic rings. The van der Waals surface area contributed by atoms with E-state index in [4.69, 9.17) is 0 Å². The molecule has 1 saturated heterocycles. The van der Waals surface area contributed by atoms with Crippen molar-refractivity contribution < 1.29 is 4.79 Å². The third-order valence-corrected chi connectivity index (χ3v) is 4.29. The summed E-state index contributed by atoms with van der Waals surface area (Å²) in [4.78, 5) is 16.8. The third kappa shape index (κ3) is 2.34. The molecule has 1 atom stereocenters. The van der Waals surface area contributed by atoms with Gasteiger partial charge in [-0.05, 0) is 39.4 Å². The van der Waals surface area contributed by atoms with E-state index in [9.17, 15) is 4.79 Å². The first-order valence-electron chi connectivity index (χ1n) is 7.32. The number of benzene rings is 1. The van der Waals surface area contributed by atoms with Gasteiger partial charge in [0.25, 0.3) is 0 Å². The quantitative estimate of drug-likeness (QED) is 0.903. The maximum Gasteiger partial charge on any atom is 0.244 e. The first-order chi connectivity index (χ1) is 9.52. The zero-order valence-corrected chi connectivity index (χ0v) is 12.5. The highest BCUT2D eigenvalue weighted by Gasteiger charge is 2.59. The van der Waals surface area contributed by atoms with Gasteiger partial charge in [-0.2, -0.15) is 0 Å². The lowest BCUT2D eigenvalue weighted by atomic mass is 10.1. The molecule has 1 N–H and O–H groups in total. The fourth-order valence-electron chi connectivity index (χ4n) is 2.92. The molecule has 1 amide bonds. The Morgan fingerprint density at radius 1 is 1.40 bits per heavy atom. The minimum Gasteiger partial charge on any atom is -0.320 e. The van der Waals surface area contributed by atoms with E-state index in [1.54, 1.807) is 0 Å². The molecule has 1 saturated carbocycles. The Kier molecular flexibility index (Phi) is 3.30. The van der Waals surface area contributed by atoms with Crippen LogP contribution in [0, 0.1) is 6.92 Å². The highest BCUT2D eigenvalue weighted by molar-refractivity contribution is 5.92. The van der Waals surface area contributed by atoms with Gasteiger partial charge in [-0.3, -0.25) is 10.1 Å². The average molecular weight is 273 g/mol. The topological polar surface area (TPSA) is 35.6 Å². The number of aryl methyl sites for hydroxylation is 1.